The van der Waals surface area contributed by atoms with Gasteiger partial charge in [0.25, 0.3) is 0 Å². The zero-order valence-electron chi connectivity index (χ0n) is 50.5. The lowest BCUT2D eigenvalue weighted by molar-refractivity contribution is 0.526. The van der Waals surface area contributed by atoms with Gasteiger partial charge in [0, 0.05) is 14.7 Å². The largest absolute Gasteiger partial charge is 0.125 e. The molecule has 0 bridgehead atoms. The maximum Gasteiger partial charge on any atom is 0.0344 e. The molecule has 0 nitrogen and oxygen atoms in total. The molecule has 0 amide bonds. The second-order valence-corrected chi connectivity index (χ2v) is 26.8. The van der Waals surface area contributed by atoms with Crippen molar-refractivity contribution in [3.8, 4) is 0 Å². The summed E-state index contributed by atoms with van der Waals surface area (Å²) in [5.74, 6) is 3.86. The molecule has 0 aliphatic rings. The second-order valence-electron chi connectivity index (χ2n) is 23.5. The van der Waals surface area contributed by atoms with Crippen molar-refractivity contribution in [2.45, 2.75) is 401 Å². The third kappa shape index (κ3) is 51.5. The van der Waals surface area contributed by atoms with Crippen molar-refractivity contribution < 1.29 is 0 Å². The molecule has 0 aliphatic heterocycles. The van der Waals surface area contributed by atoms with Crippen LogP contribution in [0.5, 0.6) is 0 Å². The molecule has 1 rings (SSSR count). The highest BCUT2D eigenvalue weighted by Gasteiger charge is 2.14. The summed E-state index contributed by atoms with van der Waals surface area (Å²) < 4.78 is 0. The summed E-state index contributed by atoms with van der Waals surface area (Å²) in [5, 5.41) is 0. The van der Waals surface area contributed by atoms with Crippen molar-refractivity contribution >= 4 is 35.3 Å². The van der Waals surface area contributed by atoms with E-state index in [-0.39, 0.29) is 0 Å². The van der Waals surface area contributed by atoms with E-state index in [9.17, 15) is 0 Å². The maximum absolute atomic E-state index is 4.22. The van der Waals surface area contributed by atoms with Crippen LogP contribution in [0.3, 0.4) is 0 Å². The Hall–Kier alpha value is 0.270. The summed E-state index contributed by atoms with van der Waals surface area (Å²) in [4.78, 5) is 4.87. The van der Waals surface area contributed by atoms with Gasteiger partial charge in [-0.3, -0.25) is 0 Å². The summed E-state index contributed by atoms with van der Waals surface area (Å²) in [7, 11) is 0. The Morgan fingerprint density at radius 1 is 0.247 bits per heavy atom. The molecule has 3 heteroatoms. The SMILES string of the molecule is [CH2]CCCc1cc(SCCCCCCCCCCCCCCCCCCCC)c(SCCCCCCCCCCCCCCCCCCCC)c(SCCCCCCCCCCCCCCCCCCCC)c1. The zero-order chi connectivity index (χ0) is 52.3. The van der Waals surface area contributed by atoms with Crippen molar-refractivity contribution in [3.63, 3.8) is 0 Å². The first kappa shape index (κ1) is 71.3. The number of thioether (sulfide) groups is 3. The first-order valence-corrected chi connectivity index (χ1v) is 37.1. The fraction of sp³-hybridized carbons (Fsp3) is 0.900. The predicted octanol–water partition coefficient (Wildman–Crippen LogP) is 27.2. The van der Waals surface area contributed by atoms with Crippen LogP contribution in [-0.2, 0) is 6.42 Å². The van der Waals surface area contributed by atoms with Gasteiger partial charge >= 0.3 is 0 Å². The Labute approximate surface area is 475 Å². The highest BCUT2D eigenvalue weighted by molar-refractivity contribution is 8.03. The van der Waals surface area contributed by atoms with E-state index < -0.39 is 0 Å². The van der Waals surface area contributed by atoms with Gasteiger partial charge < -0.3 is 0 Å². The number of unbranched alkanes of at least 4 members (excludes halogenated alkanes) is 52. The van der Waals surface area contributed by atoms with Crippen LogP contribution in [0.25, 0.3) is 0 Å². The second kappa shape index (κ2) is 61.5. The predicted molar refractivity (Wildman–Crippen MR) is 343 cm³/mol. The van der Waals surface area contributed by atoms with Crippen LogP contribution in [0.15, 0.2) is 26.8 Å². The molecular weight excluding hydrogens is 937 g/mol. The molecule has 73 heavy (non-hydrogen) atoms. The van der Waals surface area contributed by atoms with E-state index in [1.165, 1.54) is 377 Å². The van der Waals surface area contributed by atoms with Crippen molar-refractivity contribution in [2.24, 2.45) is 0 Å². The molecule has 0 N–H and O–H groups in total. The quantitative estimate of drug-likeness (QED) is 0.0471. The highest BCUT2D eigenvalue weighted by atomic mass is 32.2. The molecule has 1 aromatic rings. The van der Waals surface area contributed by atoms with E-state index >= 15 is 0 Å². The van der Waals surface area contributed by atoms with E-state index in [4.69, 9.17) is 0 Å². The number of rotatable bonds is 63. The molecule has 1 radical (unpaired) electrons. The average molecular weight is 1070 g/mol. The zero-order valence-corrected chi connectivity index (χ0v) is 53.0. The highest BCUT2D eigenvalue weighted by Crippen LogP contribution is 2.41. The fourth-order valence-corrected chi connectivity index (χ4v) is 14.8. The van der Waals surface area contributed by atoms with Gasteiger partial charge in [-0.05, 0) is 67.1 Å². The Balaban J connectivity index is 2.46. The van der Waals surface area contributed by atoms with Crippen LogP contribution in [0, 0.1) is 6.92 Å². The van der Waals surface area contributed by atoms with Gasteiger partial charge in [0.15, 0.2) is 0 Å². The maximum atomic E-state index is 4.22. The minimum absolute atomic E-state index is 1.04. The van der Waals surface area contributed by atoms with Crippen molar-refractivity contribution in [1.29, 1.82) is 0 Å². The normalized spacial score (nSPS) is 11.7. The lowest BCUT2D eigenvalue weighted by Crippen LogP contribution is -1.95. The van der Waals surface area contributed by atoms with E-state index in [2.05, 4.69) is 75.1 Å². The van der Waals surface area contributed by atoms with E-state index in [1.807, 2.05) is 0 Å². The lowest BCUT2D eigenvalue weighted by Gasteiger charge is -2.17. The van der Waals surface area contributed by atoms with Gasteiger partial charge in [-0.2, -0.15) is 0 Å². The van der Waals surface area contributed by atoms with Gasteiger partial charge in [0.2, 0.25) is 0 Å². The first-order chi connectivity index (χ1) is 36.3. The molecule has 0 aromatic heterocycles. The molecule has 0 aliphatic carbocycles. The first-order valence-electron chi connectivity index (χ1n) is 34.1. The molecule has 0 saturated heterocycles. The molecule has 1 aromatic carbocycles. The summed E-state index contributed by atoms with van der Waals surface area (Å²) >= 11 is 6.63. The van der Waals surface area contributed by atoms with E-state index in [0.29, 0.717) is 0 Å². The Kier molecular flexibility index (Phi) is 60.0. The van der Waals surface area contributed by atoms with Crippen molar-refractivity contribution in [3.05, 3.63) is 24.6 Å². The van der Waals surface area contributed by atoms with Crippen LogP contribution < -0.4 is 0 Å². The fourth-order valence-electron chi connectivity index (χ4n) is 11.0. The monoisotopic (exact) mass is 1070 g/mol. The van der Waals surface area contributed by atoms with Crippen molar-refractivity contribution in [2.75, 3.05) is 17.3 Å². The van der Waals surface area contributed by atoms with Gasteiger partial charge in [-0.15, -0.1) is 35.3 Å². The number of aryl methyl sites for hydroxylation is 1. The smallest absolute Gasteiger partial charge is 0.0344 e. The van der Waals surface area contributed by atoms with Crippen LogP contribution in [-0.4, -0.2) is 17.3 Å². The molecule has 0 heterocycles. The van der Waals surface area contributed by atoms with Gasteiger partial charge in [-0.25, -0.2) is 0 Å². The molecule has 0 atom stereocenters. The summed E-state index contributed by atoms with van der Waals surface area (Å²) in [6.07, 6.45) is 81.8. The van der Waals surface area contributed by atoms with Crippen LogP contribution in [0.1, 0.15) is 386 Å². The lowest BCUT2D eigenvalue weighted by atomic mass is 10.0. The summed E-state index contributed by atoms with van der Waals surface area (Å²) in [6, 6.07) is 5.24. The van der Waals surface area contributed by atoms with Crippen LogP contribution in [0.4, 0.5) is 0 Å². The average Bonchev–Trinajstić information content (AvgIpc) is 3.40. The summed E-state index contributed by atoms with van der Waals surface area (Å²) in [5.41, 5.74) is 1.57. The van der Waals surface area contributed by atoms with E-state index in [1.54, 1.807) is 20.2 Å². The Bertz CT molecular complexity index is 1120. The molecule has 0 unspecified atom stereocenters. The van der Waals surface area contributed by atoms with Gasteiger partial charge in [0.05, 0.1) is 0 Å². The van der Waals surface area contributed by atoms with Gasteiger partial charge in [-0.1, -0.05) is 362 Å². The minimum Gasteiger partial charge on any atom is -0.125 e. The standard InChI is InChI=1S/C70H133S3/c1-5-9-13-16-19-22-25-28-31-34-37-40-43-46-49-52-55-58-62-71-68-65-67(61-12-8-4)66-69(72-63-59-56-53-50-47-44-41-38-35-32-29-26-23-20-17-14-10-6-2)70(68)73-64-60-57-54-51-48-45-42-39-36-33-30-27-24-21-18-15-11-7-3/h65-66H,4-64H2,1-3H3. The number of benzene rings is 1. The molecule has 431 valence electrons. The topological polar surface area (TPSA) is 0 Å². The van der Waals surface area contributed by atoms with E-state index in [0.717, 1.165) is 6.42 Å². The number of hydrogen-bond donors (Lipinski definition) is 0. The molecular formula is C70H133S3. The molecule has 0 saturated carbocycles. The minimum atomic E-state index is 1.04. The molecule has 0 spiro atoms. The van der Waals surface area contributed by atoms with Crippen molar-refractivity contribution in [1.82, 2.24) is 0 Å². The summed E-state index contributed by atoms with van der Waals surface area (Å²) in [6.45, 7) is 11.2. The van der Waals surface area contributed by atoms with Crippen LogP contribution >= 0.6 is 35.3 Å². The Morgan fingerprint density at radius 2 is 0.438 bits per heavy atom. The molecule has 0 fully saturated rings. The van der Waals surface area contributed by atoms with Gasteiger partial charge in [0.1, 0.15) is 0 Å². The number of hydrogen-bond acceptors (Lipinski definition) is 3. The Morgan fingerprint density at radius 3 is 0.644 bits per heavy atom. The van der Waals surface area contributed by atoms with Crippen LogP contribution in [0.2, 0.25) is 0 Å². The third-order valence-corrected chi connectivity index (χ3v) is 19.8. The third-order valence-electron chi connectivity index (χ3n) is 16.1.